The number of nitrogens with zero attached hydrogens (tertiary/aromatic N) is 5. The Bertz CT molecular complexity index is 634. The number of carbonyl (C=O) groups is 1. The predicted octanol–water partition coefficient (Wildman–Crippen LogP) is 0.884. The number of aliphatic hydroxyl groups is 1. The van der Waals surface area contributed by atoms with E-state index in [0.29, 0.717) is 31.8 Å². The lowest BCUT2D eigenvalue weighted by atomic mass is 10.1. The van der Waals surface area contributed by atoms with Gasteiger partial charge in [-0.2, -0.15) is 4.80 Å². The Balaban J connectivity index is 1.71. The molecule has 116 valence electrons. The monoisotopic (exact) mass is 301 g/mol. The van der Waals surface area contributed by atoms with Crippen LogP contribution in [0.2, 0.25) is 0 Å². The minimum Gasteiger partial charge on any atom is -0.393 e. The SMILES string of the molecule is CC(C(=O)N1CCC(O)CC1)n1nnc(-c2ccccc2)n1. The van der Waals surface area contributed by atoms with E-state index >= 15 is 0 Å². The summed E-state index contributed by atoms with van der Waals surface area (Å²) in [6, 6.07) is 9.04. The Morgan fingerprint density at radius 1 is 1.27 bits per heavy atom. The second-order valence-corrected chi connectivity index (χ2v) is 5.53. The van der Waals surface area contributed by atoms with Crippen molar-refractivity contribution in [2.24, 2.45) is 0 Å². The fraction of sp³-hybridized carbons (Fsp3) is 0.467. The number of amides is 1. The molecular weight excluding hydrogens is 282 g/mol. The standard InChI is InChI=1S/C15H19N5O2/c1-11(15(22)19-9-7-13(21)8-10-19)20-17-14(16-18-20)12-5-3-2-4-6-12/h2-6,11,13,21H,7-10H2,1H3. The molecule has 0 radical (unpaired) electrons. The second kappa shape index (κ2) is 6.23. The Kier molecular flexibility index (Phi) is 4.15. The summed E-state index contributed by atoms with van der Waals surface area (Å²) in [5.41, 5.74) is 0.870. The number of rotatable bonds is 3. The molecule has 1 aliphatic heterocycles. The molecule has 2 heterocycles. The molecule has 22 heavy (non-hydrogen) atoms. The van der Waals surface area contributed by atoms with Crippen molar-refractivity contribution in [3.05, 3.63) is 30.3 Å². The van der Waals surface area contributed by atoms with E-state index in [-0.39, 0.29) is 12.0 Å². The van der Waals surface area contributed by atoms with Gasteiger partial charge in [0.1, 0.15) is 6.04 Å². The van der Waals surface area contributed by atoms with Gasteiger partial charge in [-0.1, -0.05) is 30.3 Å². The molecular formula is C15H19N5O2. The molecule has 1 saturated heterocycles. The molecule has 1 aliphatic rings. The fourth-order valence-electron chi connectivity index (χ4n) is 2.54. The van der Waals surface area contributed by atoms with Crippen molar-refractivity contribution in [1.29, 1.82) is 0 Å². The number of benzene rings is 1. The van der Waals surface area contributed by atoms with Crippen molar-refractivity contribution in [1.82, 2.24) is 25.1 Å². The van der Waals surface area contributed by atoms with Crippen LogP contribution in [0.15, 0.2) is 30.3 Å². The molecule has 7 heteroatoms. The Labute approximate surface area is 128 Å². The van der Waals surface area contributed by atoms with Gasteiger partial charge in [-0.3, -0.25) is 4.79 Å². The van der Waals surface area contributed by atoms with Crippen molar-refractivity contribution in [2.75, 3.05) is 13.1 Å². The average molecular weight is 301 g/mol. The van der Waals surface area contributed by atoms with E-state index in [4.69, 9.17) is 0 Å². The zero-order valence-electron chi connectivity index (χ0n) is 12.5. The Morgan fingerprint density at radius 3 is 2.64 bits per heavy atom. The minimum atomic E-state index is -0.500. The molecule has 7 nitrogen and oxygen atoms in total. The molecule has 2 aromatic rings. The van der Waals surface area contributed by atoms with Crippen LogP contribution in [0.3, 0.4) is 0 Å². The number of carbonyl (C=O) groups excluding carboxylic acids is 1. The molecule has 1 N–H and O–H groups in total. The Hall–Kier alpha value is -2.28. The minimum absolute atomic E-state index is 0.0380. The number of piperidine rings is 1. The Morgan fingerprint density at radius 2 is 1.95 bits per heavy atom. The summed E-state index contributed by atoms with van der Waals surface area (Å²) in [5, 5.41) is 21.8. The van der Waals surface area contributed by atoms with Gasteiger partial charge in [0, 0.05) is 18.7 Å². The highest BCUT2D eigenvalue weighted by atomic mass is 16.3. The molecule has 1 unspecified atom stereocenters. The normalized spacial score (nSPS) is 17.5. The van der Waals surface area contributed by atoms with Gasteiger partial charge in [-0.25, -0.2) is 0 Å². The van der Waals surface area contributed by atoms with Crippen LogP contribution in [0.4, 0.5) is 0 Å². The fourth-order valence-corrected chi connectivity index (χ4v) is 2.54. The van der Waals surface area contributed by atoms with Crippen molar-refractivity contribution in [2.45, 2.75) is 31.9 Å². The van der Waals surface area contributed by atoms with Crippen LogP contribution in [0.25, 0.3) is 11.4 Å². The second-order valence-electron chi connectivity index (χ2n) is 5.53. The van der Waals surface area contributed by atoms with E-state index < -0.39 is 6.04 Å². The third-order valence-electron chi connectivity index (χ3n) is 3.94. The first kappa shape index (κ1) is 14.6. The average Bonchev–Trinajstić information content (AvgIpc) is 3.05. The van der Waals surface area contributed by atoms with Crippen molar-refractivity contribution < 1.29 is 9.90 Å². The summed E-state index contributed by atoms with van der Waals surface area (Å²) in [6.45, 7) is 2.92. The number of hydrogen-bond acceptors (Lipinski definition) is 5. The van der Waals surface area contributed by atoms with Gasteiger partial charge < -0.3 is 10.0 Å². The summed E-state index contributed by atoms with van der Waals surface area (Å²) in [6.07, 6.45) is 0.949. The first-order valence-electron chi connectivity index (χ1n) is 7.47. The summed E-state index contributed by atoms with van der Waals surface area (Å²) < 4.78 is 0. The van der Waals surface area contributed by atoms with Crippen LogP contribution in [0.1, 0.15) is 25.8 Å². The number of aliphatic hydroxyl groups excluding tert-OH is 1. The molecule has 0 saturated carbocycles. The molecule has 1 aromatic carbocycles. The van der Waals surface area contributed by atoms with Crippen molar-refractivity contribution >= 4 is 5.91 Å². The molecule has 0 aliphatic carbocycles. The predicted molar refractivity (Wildman–Crippen MR) is 79.8 cm³/mol. The van der Waals surface area contributed by atoms with Gasteiger partial charge in [0.2, 0.25) is 11.7 Å². The summed E-state index contributed by atoms with van der Waals surface area (Å²) in [4.78, 5) is 15.6. The van der Waals surface area contributed by atoms with E-state index in [1.54, 1.807) is 11.8 Å². The number of tetrazole rings is 1. The summed E-state index contributed by atoms with van der Waals surface area (Å²) in [5.74, 6) is 0.471. The van der Waals surface area contributed by atoms with Gasteiger partial charge in [0.15, 0.2) is 0 Å². The summed E-state index contributed by atoms with van der Waals surface area (Å²) >= 11 is 0. The number of likely N-dealkylation sites (tertiary alicyclic amines) is 1. The van der Waals surface area contributed by atoms with Gasteiger partial charge >= 0.3 is 0 Å². The van der Waals surface area contributed by atoms with Crippen LogP contribution in [0.5, 0.6) is 0 Å². The van der Waals surface area contributed by atoms with E-state index in [0.717, 1.165) is 5.56 Å². The maximum absolute atomic E-state index is 12.5. The van der Waals surface area contributed by atoms with E-state index in [2.05, 4.69) is 15.4 Å². The maximum atomic E-state index is 12.5. The topological polar surface area (TPSA) is 84.1 Å². The first-order valence-corrected chi connectivity index (χ1v) is 7.47. The lowest BCUT2D eigenvalue weighted by Crippen LogP contribution is -2.43. The highest BCUT2D eigenvalue weighted by molar-refractivity contribution is 5.80. The van der Waals surface area contributed by atoms with Gasteiger partial charge in [0.05, 0.1) is 6.10 Å². The zero-order valence-corrected chi connectivity index (χ0v) is 12.5. The molecule has 1 atom stereocenters. The molecule has 0 bridgehead atoms. The van der Waals surface area contributed by atoms with Crippen LogP contribution in [-0.4, -0.2) is 55.3 Å². The van der Waals surface area contributed by atoms with Crippen LogP contribution in [-0.2, 0) is 4.79 Å². The van der Waals surface area contributed by atoms with Gasteiger partial charge in [-0.15, -0.1) is 10.2 Å². The van der Waals surface area contributed by atoms with Crippen LogP contribution < -0.4 is 0 Å². The number of aromatic nitrogens is 4. The molecule has 0 spiro atoms. The quantitative estimate of drug-likeness (QED) is 0.910. The number of hydrogen-bond donors (Lipinski definition) is 1. The van der Waals surface area contributed by atoms with E-state index in [1.165, 1.54) is 4.80 Å². The lowest BCUT2D eigenvalue weighted by molar-refractivity contribution is -0.136. The van der Waals surface area contributed by atoms with E-state index in [1.807, 2.05) is 30.3 Å². The maximum Gasteiger partial charge on any atom is 0.249 e. The van der Waals surface area contributed by atoms with Crippen LogP contribution in [0, 0.1) is 0 Å². The smallest absolute Gasteiger partial charge is 0.249 e. The third kappa shape index (κ3) is 2.99. The lowest BCUT2D eigenvalue weighted by Gasteiger charge is -2.31. The van der Waals surface area contributed by atoms with Gasteiger partial charge in [0.25, 0.3) is 0 Å². The largest absolute Gasteiger partial charge is 0.393 e. The van der Waals surface area contributed by atoms with Crippen LogP contribution >= 0.6 is 0 Å². The third-order valence-corrected chi connectivity index (χ3v) is 3.94. The van der Waals surface area contributed by atoms with Crippen molar-refractivity contribution in [3.63, 3.8) is 0 Å². The molecule has 3 rings (SSSR count). The highest BCUT2D eigenvalue weighted by Gasteiger charge is 2.27. The van der Waals surface area contributed by atoms with Gasteiger partial charge in [-0.05, 0) is 25.0 Å². The van der Waals surface area contributed by atoms with E-state index in [9.17, 15) is 9.90 Å². The van der Waals surface area contributed by atoms with Crippen molar-refractivity contribution in [3.8, 4) is 11.4 Å². The molecule has 1 amide bonds. The highest BCUT2D eigenvalue weighted by Crippen LogP contribution is 2.17. The molecule has 1 fully saturated rings. The zero-order chi connectivity index (χ0) is 15.5. The molecule has 1 aromatic heterocycles. The first-order chi connectivity index (χ1) is 10.6. The summed E-state index contributed by atoms with van der Waals surface area (Å²) in [7, 11) is 0.